The van der Waals surface area contributed by atoms with Crippen molar-refractivity contribution in [3.63, 3.8) is 0 Å². The molecule has 4 aliphatic carbocycles. The van der Waals surface area contributed by atoms with Crippen LogP contribution in [0.25, 0.3) is 0 Å². The number of Topliss-reactive ketones (excluding diaryl/α,β-unsaturated/α-hetero) is 1. The number of rotatable bonds is 5. The molecule has 1 aromatic carbocycles. The Hall–Kier alpha value is -1.63. The molecule has 33 heavy (non-hydrogen) atoms. The van der Waals surface area contributed by atoms with Gasteiger partial charge in [0.2, 0.25) is 0 Å². The predicted octanol–water partition coefficient (Wildman–Crippen LogP) is 4.14. The molecule has 178 valence electrons. The zero-order valence-electron chi connectivity index (χ0n) is 19.4. The molecule has 4 fully saturated rings. The molecule has 0 radical (unpaired) electrons. The molecule has 2 aliphatic heterocycles. The van der Waals surface area contributed by atoms with E-state index >= 15 is 0 Å². The van der Waals surface area contributed by atoms with Crippen molar-refractivity contribution in [3.8, 4) is 11.5 Å². The molecule has 1 unspecified atom stereocenters. The maximum atomic E-state index is 14.6. The van der Waals surface area contributed by atoms with Gasteiger partial charge in [0.1, 0.15) is 11.6 Å². The van der Waals surface area contributed by atoms with E-state index in [-0.39, 0.29) is 22.2 Å². The second-order valence-corrected chi connectivity index (χ2v) is 11.9. The molecule has 6 heteroatoms. The Morgan fingerprint density at radius 2 is 1.94 bits per heavy atom. The fraction of sp³-hybridized carbons (Fsp3) is 0.741. The van der Waals surface area contributed by atoms with Gasteiger partial charge in [0.15, 0.2) is 23.4 Å². The SMILES string of the molecule is O=C1CC[C@@]2(OCC3CCCCC3)[C@H]3Cc4ccc(O)c5c4[C@@]2(CC[N+]3([O-])CC2CC2)[C@H]1O5. The van der Waals surface area contributed by atoms with Crippen LogP contribution in [-0.4, -0.2) is 53.0 Å². The summed E-state index contributed by atoms with van der Waals surface area (Å²) in [6.07, 6.45) is 10.1. The van der Waals surface area contributed by atoms with E-state index in [2.05, 4.69) is 0 Å². The number of ether oxygens (including phenoxy) is 2. The van der Waals surface area contributed by atoms with Crippen molar-refractivity contribution >= 4 is 5.78 Å². The summed E-state index contributed by atoms with van der Waals surface area (Å²) in [5.74, 6) is 1.75. The van der Waals surface area contributed by atoms with Crippen LogP contribution < -0.4 is 4.74 Å². The first-order chi connectivity index (χ1) is 16.0. The van der Waals surface area contributed by atoms with E-state index in [0.717, 1.165) is 24.0 Å². The lowest BCUT2D eigenvalue weighted by Gasteiger charge is -2.68. The quantitative estimate of drug-likeness (QED) is 0.535. The molecule has 0 aromatic heterocycles. The number of quaternary nitrogens is 1. The number of carbonyl (C=O) groups excluding carboxylic acids is 1. The van der Waals surface area contributed by atoms with E-state index in [9.17, 15) is 15.1 Å². The maximum absolute atomic E-state index is 14.6. The summed E-state index contributed by atoms with van der Waals surface area (Å²) in [7, 11) is 0. The molecular formula is C27H35NO5. The van der Waals surface area contributed by atoms with Gasteiger partial charge in [-0.15, -0.1) is 0 Å². The van der Waals surface area contributed by atoms with Crippen LogP contribution in [0.2, 0.25) is 0 Å². The monoisotopic (exact) mass is 453 g/mol. The van der Waals surface area contributed by atoms with Crippen LogP contribution in [-0.2, 0) is 21.4 Å². The van der Waals surface area contributed by atoms with E-state index in [1.807, 2.05) is 6.07 Å². The molecule has 3 saturated carbocycles. The van der Waals surface area contributed by atoms with Crippen LogP contribution in [0.15, 0.2) is 12.1 Å². The van der Waals surface area contributed by atoms with Gasteiger partial charge in [-0.3, -0.25) is 4.79 Å². The Labute approximate surface area is 195 Å². The van der Waals surface area contributed by atoms with Crippen molar-refractivity contribution in [2.24, 2.45) is 11.8 Å². The third-order valence-corrected chi connectivity index (χ3v) is 10.1. The molecule has 7 rings (SSSR count). The number of aromatic hydroxyl groups is 1. The number of hydrogen-bond acceptors (Lipinski definition) is 5. The van der Waals surface area contributed by atoms with Crippen molar-refractivity contribution in [1.82, 2.24) is 0 Å². The van der Waals surface area contributed by atoms with E-state index < -0.39 is 17.1 Å². The van der Waals surface area contributed by atoms with Crippen molar-refractivity contribution in [2.75, 3.05) is 19.7 Å². The smallest absolute Gasteiger partial charge is 0.174 e. The maximum Gasteiger partial charge on any atom is 0.174 e. The number of benzene rings is 1. The molecule has 0 amide bonds. The number of nitrogens with zero attached hydrogens (tertiary/aromatic N) is 1. The highest BCUT2D eigenvalue weighted by Gasteiger charge is 2.77. The summed E-state index contributed by atoms with van der Waals surface area (Å²) < 4.78 is 13.2. The first kappa shape index (κ1) is 20.7. The third-order valence-electron chi connectivity index (χ3n) is 10.1. The highest BCUT2D eigenvalue weighted by molar-refractivity contribution is 5.90. The van der Waals surface area contributed by atoms with E-state index in [1.54, 1.807) is 6.07 Å². The number of likely N-dealkylation sites (tertiary alicyclic amines) is 1. The van der Waals surface area contributed by atoms with Gasteiger partial charge in [-0.1, -0.05) is 25.3 Å². The minimum Gasteiger partial charge on any atom is -0.632 e. The molecule has 1 spiro atoms. The normalized spacial score (nSPS) is 41.5. The summed E-state index contributed by atoms with van der Waals surface area (Å²) in [6.45, 7) is 1.86. The van der Waals surface area contributed by atoms with Gasteiger partial charge < -0.3 is 24.4 Å². The highest BCUT2D eigenvalue weighted by atomic mass is 16.6. The van der Waals surface area contributed by atoms with Gasteiger partial charge in [0, 0.05) is 30.7 Å². The largest absolute Gasteiger partial charge is 0.632 e. The summed E-state index contributed by atoms with van der Waals surface area (Å²) in [5, 5.41) is 25.3. The van der Waals surface area contributed by atoms with E-state index in [0.29, 0.717) is 63.0 Å². The summed E-state index contributed by atoms with van der Waals surface area (Å²) >= 11 is 0. The minimum absolute atomic E-state index is 0.0992. The lowest BCUT2D eigenvalue weighted by atomic mass is 9.48. The van der Waals surface area contributed by atoms with Crippen LogP contribution in [0.5, 0.6) is 11.5 Å². The molecule has 5 atom stereocenters. The number of ketones is 1. The van der Waals surface area contributed by atoms with Gasteiger partial charge >= 0.3 is 0 Å². The van der Waals surface area contributed by atoms with Gasteiger partial charge in [-0.2, -0.15) is 0 Å². The van der Waals surface area contributed by atoms with E-state index in [1.165, 1.54) is 32.1 Å². The lowest BCUT2D eigenvalue weighted by Crippen LogP contribution is -2.81. The number of hydrogen-bond donors (Lipinski definition) is 1. The Kier molecular flexibility index (Phi) is 4.37. The molecule has 1 aromatic rings. The highest BCUT2D eigenvalue weighted by Crippen LogP contribution is 2.67. The molecule has 2 heterocycles. The molecule has 2 bridgehead atoms. The molecular weight excluding hydrogens is 418 g/mol. The van der Waals surface area contributed by atoms with Crippen molar-refractivity contribution in [1.29, 1.82) is 0 Å². The van der Waals surface area contributed by atoms with Crippen molar-refractivity contribution in [3.05, 3.63) is 28.5 Å². The van der Waals surface area contributed by atoms with Crippen LogP contribution in [0.4, 0.5) is 0 Å². The Morgan fingerprint density at radius 1 is 1.12 bits per heavy atom. The van der Waals surface area contributed by atoms with Gasteiger partial charge in [0.25, 0.3) is 0 Å². The first-order valence-electron chi connectivity index (χ1n) is 13.2. The minimum atomic E-state index is -0.691. The zero-order valence-corrected chi connectivity index (χ0v) is 19.4. The Bertz CT molecular complexity index is 1000. The van der Waals surface area contributed by atoms with Gasteiger partial charge in [-0.05, 0) is 49.7 Å². The standard InChI is InChI=1S/C27H35NO5/c29-20-9-8-19-14-22-27(32-16-18-4-2-1-3-5-18)11-10-21(30)25-26(27,23(19)24(20)33-25)12-13-28(22,31)15-17-6-7-17/h8-9,17-18,22,25,29H,1-7,10-16H2/t22-,25+,26+,27-,28?/m1/s1. The number of piperidine rings is 1. The summed E-state index contributed by atoms with van der Waals surface area (Å²) in [5.41, 5.74) is 0.733. The van der Waals surface area contributed by atoms with Crippen LogP contribution in [0.3, 0.4) is 0 Å². The first-order valence-corrected chi connectivity index (χ1v) is 13.2. The number of phenols is 1. The van der Waals surface area contributed by atoms with Gasteiger partial charge in [-0.25, -0.2) is 0 Å². The fourth-order valence-electron chi connectivity index (χ4n) is 8.42. The number of hydroxylamine groups is 3. The number of carbonyl (C=O) groups is 1. The second-order valence-electron chi connectivity index (χ2n) is 11.9. The average Bonchev–Trinajstić information content (AvgIpc) is 3.55. The molecule has 1 N–H and O–H groups in total. The topological polar surface area (TPSA) is 78.8 Å². The van der Waals surface area contributed by atoms with Crippen LogP contribution >= 0.6 is 0 Å². The van der Waals surface area contributed by atoms with Crippen molar-refractivity contribution < 1.29 is 24.0 Å². The Balaban J connectivity index is 1.38. The predicted molar refractivity (Wildman–Crippen MR) is 122 cm³/mol. The Morgan fingerprint density at radius 3 is 2.73 bits per heavy atom. The van der Waals surface area contributed by atoms with Crippen molar-refractivity contribution in [2.45, 2.75) is 93.8 Å². The van der Waals surface area contributed by atoms with Crippen LogP contribution in [0, 0.1) is 17.0 Å². The van der Waals surface area contributed by atoms with Gasteiger partial charge in [0.05, 0.1) is 25.1 Å². The third kappa shape index (κ3) is 2.69. The molecule has 1 saturated heterocycles. The second kappa shape index (κ2) is 6.96. The fourth-order valence-corrected chi connectivity index (χ4v) is 8.42. The molecule has 6 aliphatic rings. The summed E-state index contributed by atoms with van der Waals surface area (Å²) in [4.78, 5) is 13.3. The number of phenolic OH excluding ortho intramolecular Hbond substituents is 1. The molecule has 6 nitrogen and oxygen atoms in total. The average molecular weight is 454 g/mol. The lowest BCUT2D eigenvalue weighted by molar-refractivity contribution is -0.924. The van der Waals surface area contributed by atoms with E-state index in [4.69, 9.17) is 9.47 Å². The zero-order chi connectivity index (χ0) is 22.4. The summed E-state index contributed by atoms with van der Waals surface area (Å²) in [6, 6.07) is 3.43. The van der Waals surface area contributed by atoms with Crippen LogP contribution in [0.1, 0.15) is 75.3 Å².